The van der Waals surface area contributed by atoms with Crippen LogP contribution in [0.5, 0.6) is 5.75 Å². The first-order valence-electron chi connectivity index (χ1n) is 7.73. The zero-order valence-corrected chi connectivity index (χ0v) is 14.0. The molecule has 1 aromatic heterocycles. The molecule has 0 amide bonds. The van der Waals surface area contributed by atoms with Crippen molar-refractivity contribution in [2.24, 2.45) is 0 Å². The molecule has 0 spiro atoms. The predicted molar refractivity (Wildman–Crippen MR) is 90.1 cm³/mol. The Kier molecular flexibility index (Phi) is 5.34. The van der Waals surface area contributed by atoms with E-state index in [4.69, 9.17) is 9.47 Å². The lowest BCUT2D eigenvalue weighted by Gasteiger charge is -2.23. The van der Waals surface area contributed by atoms with Gasteiger partial charge >= 0.3 is 0 Å². The van der Waals surface area contributed by atoms with Crippen LogP contribution >= 0.6 is 11.8 Å². The van der Waals surface area contributed by atoms with Gasteiger partial charge in [0.25, 0.3) is 0 Å². The average molecular weight is 330 g/mol. The number of nitriles is 1. The normalized spacial score (nSPS) is 15.5. The Balaban J connectivity index is 1.73. The van der Waals surface area contributed by atoms with Crippen molar-refractivity contribution in [3.05, 3.63) is 29.8 Å². The second-order valence-corrected chi connectivity index (χ2v) is 6.56. The number of methoxy groups -OCH3 is 1. The number of hydrogen-bond donors (Lipinski definition) is 1. The van der Waals surface area contributed by atoms with Crippen LogP contribution in [0.4, 0.5) is 0 Å². The maximum absolute atomic E-state index is 9.40. The Morgan fingerprint density at radius 1 is 1.35 bits per heavy atom. The van der Waals surface area contributed by atoms with Gasteiger partial charge in [-0.2, -0.15) is 5.26 Å². The van der Waals surface area contributed by atoms with Crippen LogP contribution in [0, 0.1) is 11.3 Å². The summed E-state index contributed by atoms with van der Waals surface area (Å²) in [6, 6.07) is 9.91. The van der Waals surface area contributed by atoms with Crippen LogP contribution < -0.4 is 9.64 Å². The average Bonchev–Trinajstić information content (AvgIpc) is 2.61. The van der Waals surface area contributed by atoms with Gasteiger partial charge < -0.3 is 14.4 Å². The molecule has 1 aromatic carbocycles. The van der Waals surface area contributed by atoms with Crippen LogP contribution in [0.3, 0.4) is 0 Å². The number of ether oxygens (including phenoxy) is 2. The lowest BCUT2D eigenvalue weighted by molar-refractivity contribution is -0.905. The molecule has 6 heteroatoms. The molecular formula is C17H20N3O2S+. The van der Waals surface area contributed by atoms with E-state index in [9.17, 15) is 5.26 Å². The van der Waals surface area contributed by atoms with Gasteiger partial charge in [0.2, 0.25) is 0 Å². The van der Waals surface area contributed by atoms with Crippen LogP contribution in [0.25, 0.3) is 10.9 Å². The number of rotatable bonds is 5. The van der Waals surface area contributed by atoms with Crippen molar-refractivity contribution in [2.75, 3.05) is 45.7 Å². The number of nitrogens with one attached hydrogen (secondary N) is 1. The molecule has 23 heavy (non-hydrogen) atoms. The third-order valence-corrected chi connectivity index (χ3v) is 4.99. The molecule has 1 saturated heterocycles. The highest BCUT2D eigenvalue weighted by atomic mass is 32.2. The molecule has 2 aromatic rings. The number of morpholine rings is 1. The first-order valence-corrected chi connectivity index (χ1v) is 8.71. The second-order valence-electron chi connectivity index (χ2n) is 5.47. The topological polar surface area (TPSA) is 59.6 Å². The number of benzene rings is 1. The zero-order chi connectivity index (χ0) is 16.1. The molecule has 1 fully saturated rings. The monoisotopic (exact) mass is 330 g/mol. The highest BCUT2D eigenvalue weighted by Gasteiger charge is 2.14. The lowest BCUT2D eigenvalue weighted by atomic mass is 10.1. The van der Waals surface area contributed by atoms with E-state index in [1.54, 1.807) is 23.8 Å². The largest absolute Gasteiger partial charge is 0.497 e. The summed E-state index contributed by atoms with van der Waals surface area (Å²) in [4.78, 5) is 6.22. The quantitative estimate of drug-likeness (QED) is 0.833. The fraction of sp³-hybridized carbons (Fsp3) is 0.412. The number of quaternary nitrogens is 1. The molecule has 0 saturated carbocycles. The van der Waals surface area contributed by atoms with Gasteiger partial charge in [-0.25, -0.2) is 4.98 Å². The Bertz CT molecular complexity index is 724. The van der Waals surface area contributed by atoms with Gasteiger partial charge in [0.1, 0.15) is 29.9 Å². The van der Waals surface area contributed by atoms with Crippen LogP contribution in [-0.2, 0) is 4.74 Å². The van der Waals surface area contributed by atoms with Gasteiger partial charge in [-0.15, -0.1) is 0 Å². The highest BCUT2D eigenvalue weighted by Crippen LogP contribution is 2.26. The summed E-state index contributed by atoms with van der Waals surface area (Å²) in [6.45, 7) is 4.90. The summed E-state index contributed by atoms with van der Waals surface area (Å²) in [5.41, 5.74) is 1.53. The van der Waals surface area contributed by atoms with Gasteiger partial charge in [-0.1, -0.05) is 11.8 Å². The van der Waals surface area contributed by atoms with Gasteiger partial charge in [0, 0.05) is 11.1 Å². The van der Waals surface area contributed by atoms with Crippen molar-refractivity contribution in [1.82, 2.24) is 4.98 Å². The van der Waals surface area contributed by atoms with Crippen molar-refractivity contribution >= 4 is 22.7 Å². The number of thioether (sulfide) groups is 1. The maximum atomic E-state index is 9.40. The van der Waals surface area contributed by atoms with Crippen molar-refractivity contribution in [3.63, 3.8) is 0 Å². The van der Waals surface area contributed by atoms with E-state index < -0.39 is 0 Å². The molecule has 120 valence electrons. The minimum atomic E-state index is 0.632. The minimum Gasteiger partial charge on any atom is -0.497 e. The molecule has 3 rings (SSSR count). The Morgan fingerprint density at radius 3 is 2.91 bits per heavy atom. The molecule has 0 aliphatic carbocycles. The van der Waals surface area contributed by atoms with Crippen molar-refractivity contribution < 1.29 is 14.4 Å². The molecule has 0 bridgehead atoms. The van der Waals surface area contributed by atoms with Crippen molar-refractivity contribution in [1.29, 1.82) is 5.26 Å². The Labute approximate surface area is 140 Å². The molecule has 0 radical (unpaired) electrons. The van der Waals surface area contributed by atoms with Gasteiger partial charge in [0.05, 0.1) is 37.9 Å². The second kappa shape index (κ2) is 7.64. The Morgan fingerprint density at radius 2 is 2.17 bits per heavy atom. The molecule has 1 aliphatic rings. The van der Waals surface area contributed by atoms with E-state index in [2.05, 4.69) is 11.1 Å². The van der Waals surface area contributed by atoms with E-state index in [0.29, 0.717) is 5.56 Å². The zero-order valence-electron chi connectivity index (χ0n) is 13.2. The lowest BCUT2D eigenvalue weighted by Crippen LogP contribution is -3.14. The molecule has 0 atom stereocenters. The minimum absolute atomic E-state index is 0.632. The summed E-state index contributed by atoms with van der Waals surface area (Å²) < 4.78 is 10.6. The third-order valence-electron chi connectivity index (χ3n) is 4.00. The summed E-state index contributed by atoms with van der Waals surface area (Å²) in [5.74, 6) is 1.73. The van der Waals surface area contributed by atoms with Gasteiger partial charge in [-0.05, 0) is 24.3 Å². The molecule has 5 nitrogen and oxygen atoms in total. The van der Waals surface area contributed by atoms with E-state index in [-0.39, 0.29) is 0 Å². The SMILES string of the molecule is COc1ccc2nc(SCC[NH+]3CCOCC3)c(C#N)cc2c1. The smallest absolute Gasteiger partial charge is 0.119 e. The first kappa shape index (κ1) is 16.1. The van der Waals surface area contributed by atoms with Gasteiger partial charge in [0.15, 0.2) is 0 Å². The number of nitrogens with zero attached hydrogens (tertiary/aromatic N) is 2. The van der Waals surface area contributed by atoms with E-state index >= 15 is 0 Å². The van der Waals surface area contributed by atoms with Crippen LogP contribution in [0.15, 0.2) is 29.3 Å². The van der Waals surface area contributed by atoms with E-state index in [1.165, 1.54) is 0 Å². The number of pyridine rings is 1. The fourth-order valence-corrected chi connectivity index (χ4v) is 3.66. The molecule has 1 N–H and O–H groups in total. The number of aromatic nitrogens is 1. The van der Waals surface area contributed by atoms with Crippen molar-refractivity contribution in [2.45, 2.75) is 5.03 Å². The Hall–Kier alpha value is -1.81. The van der Waals surface area contributed by atoms with Crippen LogP contribution in [0.2, 0.25) is 0 Å². The summed E-state index contributed by atoms with van der Waals surface area (Å²) >= 11 is 1.66. The number of fused-ring (bicyclic) bond motifs is 1. The molecule has 2 heterocycles. The summed E-state index contributed by atoms with van der Waals surface area (Å²) in [6.07, 6.45) is 0. The molecule has 1 aliphatic heterocycles. The highest BCUT2D eigenvalue weighted by molar-refractivity contribution is 7.99. The summed E-state index contributed by atoms with van der Waals surface area (Å²) in [5, 5.41) is 11.1. The van der Waals surface area contributed by atoms with E-state index in [1.807, 2.05) is 24.3 Å². The maximum Gasteiger partial charge on any atom is 0.119 e. The van der Waals surface area contributed by atoms with E-state index in [0.717, 1.165) is 60.3 Å². The molecule has 0 unspecified atom stereocenters. The number of hydrogen-bond acceptors (Lipinski definition) is 5. The first-order chi connectivity index (χ1) is 11.3. The van der Waals surface area contributed by atoms with Crippen LogP contribution in [-0.4, -0.2) is 50.7 Å². The van der Waals surface area contributed by atoms with Crippen LogP contribution in [0.1, 0.15) is 5.56 Å². The molecular weight excluding hydrogens is 310 g/mol. The van der Waals surface area contributed by atoms with Crippen molar-refractivity contribution in [3.8, 4) is 11.8 Å². The predicted octanol–water partition coefficient (Wildman–Crippen LogP) is 1.12. The van der Waals surface area contributed by atoms with Gasteiger partial charge in [-0.3, -0.25) is 0 Å². The standard InChI is InChI=1S/C17H19N3O2S/c1-21-15-2-3-16-13(11-15)10-14(12-18)17(19-16)23-9-6-20-4-7-22-8-5-20/h2-3,10-11H,4-9H2,1H3/p+1. The third kappa shape index (κ3) is 3.94. The fourth-order valence-electron chi connectivity index (χ4n) is 2.66. The summed E-state index contributed by atoms with van der Waals surface area (Å²) in [7, 11) is 1.64.